The molecule has 0 radical (unpaired) electrons. The fraction of sp³-hybridized carbons (Fsp3) is 1.00. The van der Waals surface area contributed by atoms with Crippen LogP contribution in [0.4, 0.5) is 13.2 Å². The molecule has 4 heteroatoms. The summed E-state index contributed by atoms with van der Waals surface area (Å²) < 4.78 is 34.3. The lowest BCUT2D eigenvalue weighted by Crippen LogP contribution is -2.44. The molecule has 0 aliphatic heterocycles. The molecule has 1 aliphatic rings. The maximum atomic E-state index is 11.9. The molecule has 0 amide bonds. The van der Waals surface area contributed by atoms with Gasteiger partial charge in [-0.05, 0) is 12.8 Å². The van der Waals surface area contributed by atoms with Crippen LogP contribution in [0.15, 0.2) is 0 Å². The molecular weight excluding hydrogens is 244 g/mol. The highest BCUT2D eigenvalue weighted by atomic mass is 127. The highest BCUT2D eigenvalue weighted by molar-refractivity contribution is 14.1. The largest absolute Gasteiger partial charge is 0.403 e. The molecule has 0 bridgehead atoms. The van der Waals surface area contributed by atoms with Crippen LogP contribution < -0.4 is 0 Å². The number of hydrogen-bond acceptors (Lipinski definition) is 0. The lowest BCUT2D eigenvalue weighted by Gasteiger charge is -2.37. The van der Waals surface area contributed by atoms with Crippen LogP contribution in [0.25, 0.3) is 0 Å². The molecule has 0 heterocycles. The van der Waals surface area contributed by atoms with Crippen LogP contribution in [0.2, 0.25) is 0 Å². The minimum Gasteiger partial charge on any atom is -0.170 e. The number of hydrogen-bond donors (Lipinski definition) is 0. The third-order valence-electron chi connectivity index (χ3n) is 1.65. The number of alkyl halides is 4. The summed E-state index contributed by atoms with van der Waals surface area (Å²) in [6.45, 7) is 0. The van der Waals surface area contributed by atoms with E-state index >= 15 is 0 Å². The van der Waals surface area contributed by atoms with Crippen molar-refractivity contribution in [1.29, 1.82) is 0 Å². The van der Waals surface area contributed by atoms with Gasteiger partial charge in [-0.2, -0.15) is 13.2 Å². The Labute approximate surface area is 65.0 Å². The van der Waals surface area contributed by atoms with Crippen molar-refractivity contribution in [3.8, 4) is 0 Å². The second kappa shape index (κ2) is 2.00. The van der Waals surface area contributed by atoms with Gasteiger partial charge in [-0.25, -0.2) is 0 Å². The van der Waals surface area contributed by atoms with Gasteiger partial charge >= 0.3 is 6.18 Å². The Hall–Kier alpha value is 0.520. The van der Waals surface area contributed by atoms with Crippen molar-refractivity contribution in [2.75, 3.05) is 0 Å². The second-order valence-corrected chi connectivity index (χ2v) is 4.38. The molecule has 0 nitrogen and oxygen atoms in total. The van der Waals surface area contributed by atoms with Crippen LogP contribution >= 0.6 is 22.6 Å². The Morgan fingerprint density at radius 1 is 1.22 bits per heavy atom. The molecule has 0 unspecified atom stereocenters. The molecule has 54 valence electrons. The first-order valence-corrected chi connectivity index (χ1v) is 3.79. The van der Waals surface area contributed by atoms with E-state index in [1.165, 1.54) is 22.6 Å². The minimum atomic E-state index is -3.98. The van der Waals surface area contributed by atoms with E-state index in [0.29, 0.717) is 12.8 Å². The zero-order valence-corrected chi connectivity index (χ0v) is 6.79. The maximum Gasteiger partial charge on any atom is 0.403 e. The number of halogens is 4. The maximum absolute atomic E-state index is 11.9. The SMILES string of the molecule is FC(F)(F)C1(I)CCC1. The van der Waals surface area contributed by atoms with Crippen molar-refractivity contribution in [3.63, 3.8) is 0 Å². The van der Waals surface area contributed by atoms with Gasteiger partial charge in [0.05, 0.1) is 0 Å². The summed E-state index contributed by atoms with van der Waals surface area (Å²) in [5.74, 6) is 0. The van der Waals surface area contributed by atoms with Crippen LogP contribution in [-0.2, 0) is 0 Å². The lowest BCUT2D eigenvalue weighted by molar-refractivity contribution is -0.170. The molecule has 0 atom stereocenters. The van der Waals surface area contributed by atoms with E-state index in [4.69, 9.17) is 0 Å². The highest BCUT2D eigenvalue weighted by Gasteiger charge is 2.56. The summed E-state index contributed by atoms with van der Waals surface area (Å²) >= 11 is 1.51. The third kappa shape index (κ3) is 1.18. The van der Waals surface area contributed by atoms with E-state index in [1.807, 2.05) is 0 Å². The van der Waals surface area contributed by atoms with Crippen molar-refractivity contribution in [2.45, 2.75) is 28.9 Å². The van der Waals surface area contributed by atoms with Crippen molar-refractivity contribution in [3.05, 3.63) is 0 Å². The first-order valence-electron chi connectivity index (χ1n) is 2.71. The fourth-order valence-electron chi connectivity index (χ4n) is 0.771. The fourth-order valence-corrected chi connectivity index (χ4v) is 1.53. The summed E-state index contributed by atoms with van der Waals surface area (Å²) in [6, 6.07) is 0. The van der Waals surface area contributed by atoms with Crippen LogP contribution in [0.5, 0.6) is 0 Å². The summed E-state index contributed by atoms with van der Waals surface area (Å²) in [4.78, 5) is 0. The minimum absolute atomic E-state index is 0.303. The Kier molecular flexibility index (Phi) is 1.69. The van der Waals surface area contributed by atoms with E-state index in [2.05, 4.69) is 0 Å². The van der Waals surface area contributed by atoms with E-state index in [-0.39, 0.29) is 0 Å². The Balaban J connectivity index is 2.59. The van der Waals surface area contributed by atoms with E-state index in [0.717, 1.165) is 6.42 Å². The predicted molar refractivity (Wildman–Crippen MR) is 36.7 cm³/mol. The van der Waals surface area contributed by atoms with Gasteiger partial charge in [0, 0.05) is 0 Å². The Morgan fingerprint density at radius 2 is 1.67 bits per heavy atom. The Bertz CT molecular complexity index is 114. The molecule has 0 saturated heterocycles. The van der Waals surface area contributed by atoms with Gasteiger partial charge in [0.2, 0.25) is 0 Å². The van der Waals surface area contributed by atoms with Crippen LogP contribution in [-0.4, -0.2) is 9.60 Å². The van der Waals surface area contributed by atoms with Crippen LogP contribution in [0, 0.1) is 0 Å². The van der Waals surface area contributed by atoms with Crippen molar-refractivity contribution in [2.24, 2.45) is 0 Å². The molecule has 1 fully saturated rings. The molecular formula is C5H6F3I. The average Bonchev–Trinajstić information content (AvgIpc) is 1.57. The molecule has 1 aliphatic carbocycles. The third-order valence-corrected chi connectivity index (χ3v) is 3.34. The summed E-state index contributed by atoms with van der Waals surface area (Å²) in [5.41, 5.74) is 0. The molecule has 0 aromatic heterocycles. The van der Waals surface area contributed by atoms with E-state index in [9.17, 15) is 13.2 Å². The normalized spacial score (nSPS) is 25.3. The zero-order valence-electron chi connectivity index (χ0n) is 4.63. The van der Waals surface area contributed by atoms with Gasteiger partial charge < -0.3 is 0 Å². The second-order valence-electron chi connectivity index (χ2n) is 2.32. The molecule has 0 spiro atoms. The zero-order chi connectivity index (χ0) is 7.12. The Morgan fingerprint density at radius 3 is 1.67 bits per heavy atom. The van der Waals surface area contributed by atoms with Crippen molar-refractivity contribution in [1.82, 2.24) is 0 Å². The quantitative estimate of drug-likeness (QED) is 0.458. The summed E-state index contributed by atoms with van der Waals surface area (Å²) in [5, 5.41) is 0. The van der Waals surface area contributed by atoms with Gasteiger partial charge in [-0.1, -0.05) is 29.0 Å². The summed E-state index contributed by atoms with van der Waals surface area (Å²) in [6.07, 6.45) is -2.65. The molecule has 1 rings (SSSR count). The van der Waals surface area contributed by atoms with Crippen molar-refractivity contribution < 1.29 is 13.2 Å². The molecule has 1 saturated carbocycles. The molecule has 0 aromatic carbocycles. The van der Waals surface area contributed by atoms with Gasteiger partial charge in [-0.3, -0.25) is 0 Å². The van der Waals surface area contributed by atoms with E-state index in [1.54, 1.807) is 0 Å². The first-order chi connectivity index (χ1) is 3.96. The highest BCUT2D eigenvalue weighted by Crippen LogP contribution is 2.51. The monoisotopic (exact) mass is 250 g/mol. The molecule has 9 heavy (non-hydrogen) atoms. The van der Waals surface area contributed by atoms with E-state index < -0.39 is 9.60 Å². The number of rotatable bonds is 0. The van der Waals surface area contributed by atoms with Gasteiger partial charge in [0.15, 0.2) is 0 Å². The molecule has 0 N–H and O–H groups in total. The van der Waals surface area contributed by atoms with Crippen LogP contribution in [0.3, 0.4) is 0 Å². The topological polar surface area (TPSA) is 0 Å². The van der Waals surface area contributed by atoms with Gasteiger partial charge in [-0.15, -0.1) is 0 Å². The predicted octanol–water partition coefficient (Wildman–Crippen LogP) is 2.91. The average molecular weight is 250 g/mol. The first kappa shape index (κ1) is 7.63. The molecule has 0 aromatic rings. The smallest absolute Gasteiger partial charge is 0.170 e. The van der Waals surface area contributed by atoms with Gasteiger partial charge in [0.25, 0.3) is 0 Å². The summed E-state index contributed by atoms with van der Waals surface area (Å²) in [7, 11) is 0. The van der Waals surface area contributed by atoms with Gasteiger partial charge in [0.1, 0.15) is 3.42 Å². The van der Waals surface area contributed by atoms with Crippen molar-refractivity contribution >= 4 is 22.6 Å². The van der Waals surface area contributed by atoms with Crippen LogP contribution in [0.1, 0.15) is 19.3 Å². The lowest BCUT2D eigenvalue weighted by atomic mass is 9.85. The standard InChI is InChI=1S/C5H6F3I/c6-5(7,8)4(9)2-1-3-4/h1-3H2.